The van der Waals surface area contributed by atoms with Crippen LogP contribution in [-0.4, -0.2) is 18.4 Å². The van der Waals surface area contributed by atoms with Crippen molar-refractivity contribution >= 4 is 28.2 Å². The number of thiophene rings is 1. The van der Waals surface area contributed by atoms with E-state index in [-0.39, 0.29) is 16.6 Å². The van der Waals surface area contributed by atoms with Gasteiger partial charge < -0.3 is 15.8 Å². The molecule has 0 unspecified atom stereocenters. The van der Waals surface area contributed by atoms with E-state index in [1.54, 1.807) is 0 Å². The molecule has 5 nitrogen and oxygen atoms in total. The molecule has 1 aliphatic rings. The largest absolute Gasteiger partial charge is 0.484 e. The average molecular weight is 466 g/mol. The highest BCUT2D eigenvalue weighted by Crippen LogP contribution is 2.39. The van der Waals surface area contributed by atoms with Crippen LogP contribution in [-0.2, 0) is 30.0 Å². The van der Waals surface area contributed by atoms with E-state index in [0.29, 0.717) is 18.6 Å². The second-order valence-corrected chi connectivity index (χ2v) is 7.96. The van der Waals surface area contributed by atoms with Gasteiger partial charge in [0.05, 0.1) is 16.7 Å². The summed E-state index contributed by atoms with van der Waals surface area (Å²) in [5, 5.41) is 2.61. The van der Waals surface area contributed by atoms with Gasteiger partial charge in [-0.1, -0.05) is 0 Å². The van der Waals surface area contributed by atoms with E-state index in [9.17, 15) is 35.9 Å². The zero-order valence-corrected chi connectivity index (χ0v) is 16.6. The molecule has 0 bridgehead atoms. The van der Waals surface area contributed by atoms with E-state index in [0.717, 1.165) is 29.7 Å². The van der Waals surface area contributed by atoms with Crippen LogP contribution in [0.25, 0.3) is 0 Å². The summed E-state index contributed by atoms with van der Waals surface area (Å²) in [7, 11) is 0. The number of fused-ring (bicyclic) bond motifs is 1. The molecule has 0 atom stereocenters. The Kier molecular flexibility index (Phi) is 6.21. The molecule has 1 aromatic carbocycles. The Balaban J connectivity index is 1.77. The minimum atomic E-state index is -5.03. The van der Waals surface area contributed by atoms with Crippen molar-refractivity contribution in [3.05, 3.63) is 45.3 Å². The first-order chi connectivity index (χ1) is 14.4. The highest BCUT2D eigenvalue weighted by Gasteiger charge is 2.37. The van der Waals surface area contributed by atoms with Crippen LogP contribution in [0.15, 0.2) is 18.2 Å². The number of alkyl halides is 6. The van der Waals surface area contributed by atoms with Gasteiger partial charge in [-0.05, 0) is 49.4 Å². The zero-order chi connectivity index (χ0) is 23.0. The molecule has 31 heavy (non-hydrogen) atoms. The molecular formula is C19H16F6N2O3S. The van der Waals surface area contributed by atoms with Crippen molar-refractivity contribution in [2.75, 3.05) is 11.9 Å². The third-order valence-corrected chi connectivity index (χ3v) is 5.81. The molecule has 12 heteroatoms. The summed E-state index contributed by atoms with van der Waals surface area (Å²) in [6.45, 7) is -0.862. The molecule has 0 radical (unpaired) electrons. The second kappa shape index (κ2) is 8.40. The van der Waals surface area contributed by atoms with Gasteiger partial charge in [0.2, 0.25) is 0 Å². The van der Waals surface area contributed by atoms with Crippen LogP contribution in [0.1, 0.15) is 44.8 Å². The number of aryl methyl sites for hydroxylation is 1. The van der Waals surface area contributed by atoms with Crippen molar-refractivity contribution in [1.82, 2.24) is 0 Å². The fraction of sp³-hybridized carbons (Fsp3) is 0.368. The highest BCUT2D eigenvalue weighted by molar-refractivity contribution is 7.17. The average Bonchev–Trinajstić information content (AvgIpc) is 3.02. The smallest absolute Gasteiger partial charge is 0.416 e. The van der Waals surface area contributed by atoms with Gasteiger partial charge in [0.15, 0.2) is 6.61 Å². The van der Waals surface area contributed by atoms with Crippen LogP contribution < -0.4 is 15.8 Å². The maximum absolute atomic E-state index is 12.9. The topological polar surface area (TPSA) is 81.4 Å². The lowest BCUT2D eigenvalue weighted by Gasteiger charge is -2.14. The molecule has 1 aromatic heterocycles. The summed E-state index contributed by atoms with van der Waals surface area (Å²) in [4.78, 5) is 24.9. The number of carbonyl (C=O) groups excluding carboxylic acids is 2. The van der Waals surface area contributed by atoms with Gasteiger partial charge in [-0.2, -0.15) is 26.3 Å². The monoisotopic (exact) mass is 466 g/mol. The lowest BCUT2D eigenvalue weighted by atomic mass is 9.95. The van der Waals surface area contributed by atoms with Gasteiger partial charge in [0, 0.05) is 4.88 Å². The molecule has 1 aliphatic carbocycles. The molecule has 0 fully saturated rings. The Morgan fingerprint density at radius 1 is 1.00 bits per heavy atom. The molecule has 2 amide bonds. The van der Waals surface area contributed by atoms with E-state index in [1.165, 1.54) is 11.3 Å². The summed E-state index contributed by atoms with van der Waals surface area (Å²) in [5.74, 6) is -2.35. The van der Waals surface area contributed by atoms with Gasteiger partial charge in [0.1, 0.15) is 10.8 Å². The van der Waals surface area contributed by atoms with Crippen LogP contribution in [0, 0.1) is 0 Å². The van der Waals surface area contributed by atoms with E-state index in [4.69, 9.17) is 10.5 Å². The van der Waals surface area contributed by atoms with Crippen LogP contribution in [0.4, 0.5) is 31.3 Å². The molecule has 1 heterocycles. The van der Waals surface area contributed by atoms with Crippen molar-refractivity contribution in [3.8, 4) is 5.75 Å². The number of nitrogens with two attached hydrogens (primary N) is 1. The van der Waals surface area contributed by atoms with Crippen molar-refractivity contribution < 1.29 is 40.7 Å². The number of benzene rings is 1. The van der Waals surface area contributed by atoms with Crippen LogP contribution in [0.5, 0.6) is 5.75 Å². The zero-order valence-electron chi connectivity index (χ0n) is 15.7. The Morgan fingerprint density at radius 3 is 2.13 bits per heavy atom. The van der Waals surface area contributed by atoms with E-state index in [1.807, 2.05) is 0 Å². The molecule has 168 valence electrons. The van der Waals surface area contributed by atoms with Crippen molar-refractivity contribution in [2.24, 2.45) is 5.73 Å². The molecule has 3 rings (SSSR count). The Morgan fingerprint density at radius 2 is 1.58 bits per heavy atom. The van der Waals surface area contributed by atoms with Crippen molar-refractivity contribution in [1.29, 1.82) is 0 Å². The first-order valence-corrected chi connectivity index (χ1v) is 9.84. The lowest BCUT2D eigenvalue weighted by Crippen LogP contribution is -2.23. The van der Waals surface area contributed by atoms with Crippen LogP contribution >= 0.6 is 11.3 Å². The summed E-state index contributed by atoms with van der Waals surface area (Å²) in [6, 6.07) is 0.713. The summed E-state index contributed by atoms with van der Waals surface area (Å²) in [6.07, 6.45) is -6.95. The molecule has 2 aromatic rings. The maximum Gasteiger partial charge on any atom is 0.416 e. The standard InChI is InChI=1S/C19H16F6N2O3S/c20-18(21,22)9-5-10(19(23,24)25)7-11(6-9)30-8-14(28)27-17-15(16(26)29)12-3-1-2-4-13(12)31-17/h5-7H,1-4,8H2,(H2,26,29)(H,27,28). The number of ether oxygens (including phenoxy) is 1. The number of anilines is 1. The Bertz CT molecular complexity index is 981. The molecule has 0 saturated heterocycles. The second-order valence-electron chi connectivity index (χ2n) is 6.86. The third kappa shape index (κ3) is 5.30. The molecule has 0 aliphatic heterocycles. The number of carbonyl (C=O) groups is 2. The minimum Gasteiger partial charge on any atom is -0.484 e. The summed E-state index contributed by atoms with van der Waals surface area (Å²) >= 11 is 1.17. The maximum atomic E-state index is 12.9. The first-order valence-electron chi connectivity index (χ1n) is 9.02. The molecular weight excluding hydrogens is 450 g/mol. The van der Waals surface area contributed by atoms with Crippen LogP contribution in [0.3, 0.4) is 0 Å². The number of hydrogen-bond acceptors (Lipinski definition) is 4. The summed E-state index contributed by atoms with van der Waals surface area (Å²) in [5.41, 5.74) is 3.23. The highest BCUT2D eigenvalue weighted by atomic mass is 32.1. The predicted octanol–water partition coefficient (Wildman–Crippen LogP) is 4.78. The van der Waals surface area contributed by atoms with Gasteiger partial charge in [0.25, 0.3) is 11.8 Å². The normalized spacial score (nSPS) is 14.1. The quantitative estimate of drug-likeness (QED) is 0.623. The summed E-state index contributed by atoms with van der Waals surface area (Å²) < 4.78 is 82.4. The number of amides is 2. The Labute approximate surface area is 176 Å². The van der Waals surface area contributed by atoms with E-state index < -0.39 is 47.7 Å². The van der Waals surface area contributed by atoms with Gasteiger partial charge in [-0.25, -0.2) is 0 Å². The first kappa shape index (κ1) is 22.9. The van der Waals surface area contributed by atoms with E-state index >= 15 is 0 Å². The fourth-order valence-electron chi connectivity index (χ4n) is 3.24. The molecule has 0 spiro atoms. The van der Waals surface area contributed by atoms with Crippen molar-refractivity contribution in [2.45, 2.75) is 38.0 Å². The predicted molar refractivity (Wildman–Crippen MR) is 100 cm³/mol. The van der Waals surface area contributed by atoms with Crippen molar-refractivity contribution in [3.63, 3.8) is 0 Å². The Hall–Kier alpha value is -2.76. The van der Waals surface area contributed by atoms with Crippen LogP contribution in [0.2, 0.25) is 0 Å². The van der Waals surface area contributed by atoms with E-state index in [2.05, 4.69) is 5.32 Å². The fourth-order valence-corrected chi connectivity index (χ4v) is 4.55. The third-order valence-electron chi connectivity index (χ3n) is 4.60. The lowest BCUT2D eigenvalue weighted by molar-refractivity contribution is -0.143. The number of hydrogen-bond donors (Lipinski definition) is 2. The molecule has 3 N–H and O–H groups in total. The number of rotatable bonds is 5. The van der Waals surface area contributed by atoms with Gasteiger partial charge in [-0.3, -0.25) is 9.59 Å². The van der Waals surface area contributed by atoms with Gasteiger partial charge in [-0.15, -0.1) is 11.3 Å². The minimum absolute atomic E-state index is 0.0394. The number of halogens is 6. The SMILES string of the molecule is NC(=O)c1c(NC(=O)COc2cc(C(F)(F)F)cc(C(F)(F)F)c2)sc2c1CCCC2. The number of primary amides is 1. The van der Waals surface area contributed by atoms with Gasteiger partial charge >= 0.3 is 12.4 Å². The number of nitrogens with one attached hydrogen (secondary N) is 1. The molecule has 0 saturated carbocycles.